The molecule has 1 aromatic carbocycles. The summed E-state index contributed by atoms with van der Waals surface area (Å²) in [6, 6.07) is 5.03. The summed E-state index contributed by atoms with van der Waals surface area (Å²) in [6.45, 7) is 2.67. The second kappa shape index (κ2) is 5.61. The molecule has 0 spiro atoms. The monoisotopic (exact) mass is 317 g/mol. The third-order valence-corrected chi connectivity index (χ3v) is 6.15. The zero-order valence-corrected chi connectivity index (χ0v) is 12.4. The number of morpholine rings is 1. The van der Waals surface area contributed by atoms with E-state index < -0.39 is 15.1 Å². The van der Waals surface area contributed by atoms with Gasteiger partial charge in [-0.1, -0.05) is 17.7 Å². The Labute approximate surface area is 123 Å². The summed E-state index contributed by atoms with van der Waals surface area (Å²) >= 11 is 6.16. The highest BCUT2D eigenvalue weighted by Gasteiger charge is 2.35. The van der Waals surface area contributed by atoms with Gasteiger partial charge in [0.15, 0.2) is 9.84 Å². The van der Waals surface area contributed by atoms with E-state index in [9.17, 15) is 8.42 Å². The molecule has 1 atom stereocenters. The maximum Gasteiger partial charge on any atom is 0.187 e. The zero-order valence-electron chi connectivity index (χ0n) is 10.8. The Bertz CT molecular complexity index is 594. The van der Waals surface area contributed by atoms with Gasteiger partial charge >= 0.3 is 0 Å². The van der Waals surface area contributed by atoms with Crippen molar-refractivity contribution in [3.05, 3.63) is 28.8 Å². The lowest BCUT2D eigenvalue weighted by Crippen LogP contribution is -2.40. The van der Waals surface area contributed by atoms with Crippen LogP contribution in [-0.2, 0) is 19.3 Å². The van der Waals surface area contributed by atoms with E-state index in [1.54, 1.807) is 18.2 Å². The second-order valence-corrected chi connectivity index (χ2v) is 7.56. The van der Waals surface area contributed by atoms with Crippen molar-refractivity contribution in [1.29, 1.82) is 0 Å². The molecule has 2 aliphatic rings. The minimum absolute atomic E-state index is 0.0787. The zero-order chi connectivity index (χ0) is 14.2. The molecule has 0 aliphatic carbocycles. The van der Waals surface area contributed by atoms with E-state index in [1.165, 1.54) is 0 Å². The number of halogens is 1. The van der Waals surface area contributed by atoms with Crippen molar-refractivity contribution in [2.24, 2.45) is 0 Å². The molecule has 5 nitrogen and oxygen atoms in total. The summed E-state index contributed by atoms with van der Waals surface area (Å²) in [7, 11) is -3.39. The molecule has 0 saturated carbocycles. The first kappa shape index (κ1) is 14.3. The molecule has 3 rings (SSSR count). The summed E-state index contributed by atoms with van der Waals surface area (Å²) in [6.07, 6.45) is -0.0787. The van der Waals surface area contributed by atoms with Crippen molar-refractivity contribution in [2.45, 2.75) is 16.2 Å². The first-order chi connectivity index (χ1) is 9.59. The third-order valence-electron chi connectivity index (χ3n) is 3.61. The molecule has 2 aliphatic heterocycles. The maximum atomic E-state index is 12.3. The molecule has 20 heavy (non-hydrogen) atoms. The second-order valence-electron chi connectivity index (χ2n) is 4.96. The van der Waals surface area contributed by atoms with E-state index in [2.05, 4.69) is 5.32 Å². The lowest BCUT2D eigenvalue weighted by atomic mass is 10.1. The van der Waals surface area contributed by atoms with E-state index in [0.717, 1.165) is 12.1 Å². The van der Waals surface area contributed by atoms with Crippen LogP contribution in [0.2, 0.25) is 5.02 Å². The van der Waals surface area contributed by atoms with Crippen LogP contribution in [0, 0.1) is 0 Å². The molecule has 0 aromatic heterocycles. The van der Waals surface area contributed by atoms with Crippen LogP contribution in [0.1, 0.15) is 11.7 Å². The normalized spacial score (nSPS) is 24.4. The summed E-state index contributed by atoms with van der Waals surface area (Å²) in [5, 5.41) is 3.01. The van der Waals surface area contributed by atoms with Gasteiger partial charge in [-0.15, -0.1) is 0 Å². The molecule has 1 unspecified atom stereocenters. The van der Waals surface area contributed by atoms with Crippen LogP contribution < -0.4 is 5.32 Å². The van der Waals surface area contributed by atoms with Crippen LogP contribution in [0.15, 0.2) is 23.1 Å². The SMILES string of the molecule is O=S(=O)(c1ccc(C2CNCCO2)cc1Cl)C1COC1. The first-order valence-corrected chi connectivity index (χ1v) is 8.45. The fraction of sp³-hybridized carbons (Fsp3) is 0.538. The minimum Gasteiger partial charge on any atom is -0.379 e. The summed E-state index contributed by atoms with van der Waals surface area (Å²) in [5.74, 6) is 0. The van der Waals surface area contributed by atoms with Crippen molar-refractivity contribution in [3.63, 3.8) is 0 Å². The number of benzene rings is 1. The van der Waals surface area contributed by atoms with Gasteiger partial charge in [-0.2, -0.15) is 0 Å². The molecule has 7 heteroatoms. The van der Waals surface area contributed by atoms with E-state index in [4.69, 9.17) is 21.1 Å². The molecule has 0 radical (unpaired) electrons. The number of rotatable bonds is 3. The van der Waals surface area contributed by atoms with Crippen LogP contribution in [0.5, 0.6) is 0 Å². The van der Waals surface area contributed by atoms with Crippen LogP contribution in [-0.4, -0.2) is 46.6 Å². The van der Waals surface area contributed by atoms with Crippen molar-refractivity contribution in [1.82, 2.24) is 5.32 Å². The van der Waals surface area contributed by atoms with Crippen LogP contribution in [0.4, 0.5) is 0 Å². The number of nitrogens with one attached hydrogen (secondary N) is 1. The molecule has 2 heterocycles. The van der Waals surface area contributed by atoms with Crippen LogP contribution >= 0.6 is 11.6 Å². The van der Waals surface area contributed by atoms with Gasteiger partial charge < -0.3 is 14.8 Å². The highest BCUT2D eigenvalue weighted by atomic mass is 35.5. The Morgan fingerprint density at radius 3 is 2.65 bits per heavy atom. The van der Waals surface area contributed by atoms with Gasteiger partial charge in [0, 0.05) is 13.1 Å². The lowest BCUT2D eigenvalue weighted by Gasteiger charge is -2.27. The van der Waals surface area contributed by atoms with Gasteiger partial charge in [0.2, 0.25) is 0 Å². The Balaban J connectivity index is 1.87. The Kier molecular flexibility index (Phi) is 4.01. The lowest BCUT2D eigenvalue weighted by molar-refractivity contribution is 0.0276. The van der Waals surface area contributed by atoms with Gasteiger partial charge in [0.1, 0.15) is 5.25 Å². The largest absolute Gasteiger partial charge is 0.379 e. The van der Waals surface area contributed by atoms with Crippen molar-refractivity contribution in [2.75, 3.05) is 32.9 Å². The van der Waals surface area contributed by atoms with Crippen LogP contribution in [0.25, 0.3) is 0 Å². The molecule has 110 valence electrons. The predicted octanol–water partition coefficient (Wildman–Crippen LogP) is 1.17. The molecule has 0 amide bonds. The Hall–Kier alpha value is -0.660. The first-order valence-electron chi connectivity index (χ1n) is 6.52. The fourth-order valence-electron chi connectivity index (χ4n) is 2.30. The summed E-state index contributed by atoms with van der Waals surface area (Å²) in [5.41, 5.74) is 0.894. The minimum atomic E-state index is -3.39. The van der Waals surface area contributed by atoms with E-state index in [0.29, 0.717) is 13.2 Å². The average Bonchev–Trinajstić information content (AvgIpc) is 2.36. The van der Waals surface area contributed by atoms with Gasteiger partial charge in [0.05, 0.1) is 35.8 Å². The Morgan fingerprint density at radius 2 is 2.10 bits per heavy atom. The van der Waals surface area contributed by atoms with Gasteiger partial charge in [-0.3, -0.25) is 0 Å². The van der Waals surface area contributed by atoms with Gasteiger partial charge in [-0.25, -0.2) is 8.42 Å². The number of hydrogen-bond acceptors (Lipinski definition) is 5. The molecule has 2 fully saturated rings. The molecular weight excluding hydrogens is 302 g/mol. The molecule has 1 aromatic rings. The fourth-order valence-corrected chi connectivity index (χ4v) is 4.31. The van der Waals surface area contributed by atoms with Crippen molar-refractivity contribution >= 4 is 21.4 Å². The number of ether oxygens (including phenoxy) is 2. The molecular formula is C13H16ClNO4S. The van der Waals surface area contributed by atoms with Gasteiger partial charge in [-0.05, 0) is 17.7 Å². The molecule has 0 bridgehead atoms. The van der Waals surface area contributed by atoms with E-state index in [1.807, 2.05) is 0 Å². The predicted molar refractivity (Wildman–Crippen MR) is 74.8 cm³/mol. The third kappa shape index (κ3) is 2.58. The van der Waals surface area contributed by atoms with Crippen molar-refractivity contribution < 1.29 is 17.9 Å². The summed E-state index contributed by atoms with van der Waals surface area (Å²) in [4.78, 5) is 0.181. The standard InChI is InChI=1S/C13H16ClNO4S/c14-11-5-9(12-6-15-3-4-19-12)1-2-13(11)20(16,17)10-7-18-8-10/h1-2,5,10,12,15H,3-4,6-8H2. The van der Waals surface area contributed by atoms with Gasteiger partial charge in [0.25, 0.3) is 0 Å². The maximum absolute atomic E-state index is 12.3. The number of hydrogen-bond donors (Lipinski definition) is 1. The quantitative estimate of drug-likeness (QED) is 0.906. The molecule has 2 saturated heterocycles. The Morgan fingerprint density at radius 1 is 1.30 bits per heavy atom. The van der Waals surface area contributed by atoms with Crippen molar-refractivity contribution in [3.8, 4) is 0 Å². The number of sulfone groups is 1. The summed E-state index contributed by atoms with van der Waals surface area (Å²) < 4.78 is 35.2. The highest BCUT2D eigenvalue weighted by Crippen LogP contribution is 2.31. The smallest absolute Gasteiger partial charge is 0.187 e. The molecule has 1 N–H and O–H groups in total. The van der Waals surface area contributed by atoms with Crippen LogP contribution in [0.3, 0.4) is 0 Å². The van der Waals surface area contributed by atoms with E-state index in [-0.39, 0.29) is 29.2 Å². The average molecular weight is 318 g/mol. The topological polar surface area (TPSA) is 64.6 Å². The highest BCUT2D eigenvalue weighted by molar-refractivity contribution is 7.92. The van der Waals surface area contributed by atoms with E-state index >= 15 is 0 Å².